The first-order valence-electron chi connectivity index (χ1n) is 5.83. The summed E-state index contributed by atoms with van der Waals surface area (Å²) < 4.78 is 0.999. The fourth-order valence-electron chi connectivity index (χ4n) is 1.57. The first-order valence-corrected chi connectivity index (χ1v) is 6.62. The van der Waals surface area contributed by atoms with E-state index in [-0.39, 0.29) is 0 Å². The molecule has 0 bridgehead atoms. The van der Waals surface area contributed by atoms with Crippen molar-refractivity contribution in [1.82, 2.24) is 15.3 Å². The second kappa shape index (κ2) is 6.97. The summed E-state index contributed by atoms with van der Waals surface area (Å²) >= 11 is 3.49. The lowest BCUT2D eigenvalue weighted by molar-refractivity contribution is 0.394. The maximum absolute atomic E-state index is 4.31. The molecule has 0 aromatic carbocycles. The van der Waals surface area contributed by atoms with Gasteiger partial charge in [0.2, 0.25) is 0 Å². The van der Waals surface area contributed by atoms with Crippen molar-refractivity contribution in [2.75, 3.05) is 6.54 Å². The van der Waals surface area contributed by atoms with Gasteiger partial charge in [-0.05, 0) is 34.8 Å². The van der Waals surface area contributed by atoms with Gasteiger partial charge in [0.15, 0.2) is 0 Å². The zero-order valence-electron chi connectivity index (χ0n) is 10.2. The van der Waals surface area contributed by atoms with E-state index in [1.807, 2.05) is 0 Å². The van der Waals surface area contributed by atoms with E-state index in [2.05, 4.69) is 52.0 Å². The Morgan fingerprint density at radius 1 is 1.44 bits per heavy atom. The highest BCUT2D eigenvalue weighted by Gasteiger charge is 2.15. The van der Waals surface area contributed by atoms with Crippen LogP contribution < -0.4 is 5.32 Å². The average molecular weight is 286 g/mol. The predicted molar refractivity (Wildman–Crippen MR) is 70.4 cm³/mol. The number of nitrogens with one attached hydrogen (secondary N) is 1. The quantitative estimate of drug-likeness (QED) is 0.874. The zero-order valence-corrected chi connectivity index (χ0v) is 11.8. The Kier molecular flexibility index (Phi) is 5.91. The van der Waals surface area contributed by atoms with Crippen molar-refractivity contribution in [2.45, 2.75) is 39.7 Å². The molecule has 0 aliphatic heterocycles. The number of hydrogen-bond donors (Lipinski definition) is 1. The third-order valence-corrected chi connectivity index (χ3v) is 3.28. The van der Waals surface area contributed by atoms with E-state index >= 15 is 0 Å². The van der Waals surface area contributed by atoms with Crippen molar-refractivity contribution < 1.29 is 0 Å². The minimum absolute atomic E-state index is 0.478. The van der Waals surface area contributed by atoms with Gasteiger partial charge in [-0.25, -0.2) is 9.97 Å². The van der Waals surface area contributed by atoms with Crippen molar-refractivity contribution >= 4 is 15.9 Å². The van der Waals surface area contributed by atoms with Crippen molar-refractivity contribution in [1.29, 1.82) is 0 Å². The van der Waals surface area contributed by atoms with Crippen LogP contribution in [-0.2, 0) is 6.42 Å². The van der Waals surface area contributed by atoms with Crippen LogP contribution in [-0.4, -0.2) is 22.6 Å². The molecule has 0 spiro atoms. The van der Waals surface area contributed by atoms with E-state index < -0.39 is 0 Å². The summed E-state index contributed by atoms with van der Waals surface area (Å²) in [5.74, 6) is 0.605. The molecule has 90 valence electrons. The van der Waals surface area contributed by atoms with Gasteiger partial charge >= 0.3 is 0 Å². The standard InChI is InChI=1S/C12H20BrN3/c1-4-5-15-11(9(2)3)6-12-10(13)7-14-8-16-12/h7-9,11,15H,4-6H2,1-3H3. The molecular weight excluding hydrogens is 266 g/mol. The first-order chi connectivity index (χ1) is 7.65. The second-order valence-corrected chi connectivity index (χ2v) is 5.18. The van der Waals surface area contributed by atoms with Crippen LogP contribution in [0.1, 0.15) is 32.9 Å². The van der Waals surface area contributed by atoms with Crippen molar-refractivity contribution in [3.05, 3.63) is 22.7 Å². The molecule has 0 amide bonds. The van der Waals surface area contributed by atoms with Crippen LogP contribution in [0.4, 0.5) is 0 Å². The third-order valence-electron chi connectivity index (χ3n) is 2.62. The maximum Gasteiger partial charge on any atom is 0.115 e. The fourth-order valence-corrected chi connectivity index (χ4v) is 1.95. The number of rotatable bonds is 6. The van der Waals surface area contributed by atoms with E-state index in [1.165, 1.54) is 0 Å². The summed E-state index contributed by atoms with van der Waals surface area (Å²) in [5.41, 5.74) is 1.08. The van der Waals surface area contributed by atoms with Gasteiger partial charge in [0.1, 0.15) is 6.33 Å². The first kappa shape index (κ1) is 13.6. The Bertz CT molecular complexity index is 315. The molecule has 0 aliphatic rings. The number of aromatic nitrogens is 2. The summed E-state index contributed by atoms with van der Waals surface area (Å²) in [6, 6.07) is 0.478. The fraction of sp³-hybridized carbons (Fsp3) is 0.667. The Hall–Kier alpha value is -0.480. The molecule has 0 saturated heterocycles. The van der Waals surface area contributed by atoms with Crippen LogP contribution in [0.2, 0.25) is 0 Å². The Morgan fingerprint density at radius 3 is 2.75 bits per heavy atom. The number of nitrogens with zero attached hydrogens (tertiary/aromatic N) is 2. The van der Waals surface area contributed by atoms with E-state index in [1.54, 1.807) is 12.5 Å². The lowest BCUT2D eigenvalue weighted by Gasteiger charge is -2.22. The van der Waals surface area contributed by atoms with Gasteiger partial charge in [0, 0.05) is 18.7 Å². The molecule has 0 radical (unpaired) electrons. The largest absolute Gasteiger partial charge is 0.313 e. The summed E-state index contributed by atoms with van der Waals surface area (Å²) in [6.45, 7) is 7.72. The average Bonchev–Trinajstić information content (AvgIpc) is 2.26. The lowest BCUT2D eigenvalue weighted by atomic mass is 9.99. The summed E-state index contributed by atoms with van der Waals surface area (Å²) in [6.07, 6.45) is 5.52. The van der Waals surface area contributed by atoms with E-state index in [0.717, 1.165) is 29.6 Å². The van der Waals surface area contributed by atoms with E-state index in [9.17, 15) is 0 Å². The van der Waals surface area contributed by atoms with Gasteiger partial charge in [-0.15, -0.1) is 0 Å². The van der Waals surface area contributed by atoms with E-state index in [4.69, 9.17) is 0 Å². The topological polar surface area (TPSA) is 37.8 Å². The van der Waals surface area contributed by atoms with Gasteiger partial charge in [0.05, 0.1) is 10.2 Å². The van der Waals surface area contributed by atoms with Gasteiger partial charge in [-0.2, -0.15) is 0 Å². The highest BCUT2D eigenvalue weighted by Crippen LogP contribution is 2.16. The molecule has 1 unspecified atom stereocenters. The highest BCUT2D eigenvalue weighted by molar-refractivity contribution is 9.10. The van der Waals surface area contributed by atoms with Gasteiger partial charge < -0.3 is 5.32 Å². The second-order valence-electron chi connectivity index (χ2n) is 4.33. The molecule has 3 nitrogen and oxygen atoms in total. The summed E-state index contributed by atoms with van der Waals surface area (Å²) in [7, 11) is 0. The van der Waals surface area contributed by atoms with Gasteiger partial charge in [0.25, 0.3) is 0 Å². The van der Waals surface area contributed by atoms with Crippen LogP contribution >= 0.6 is 15.9 Å². The van der Waals surface area contributed by atoms with Crippen molar-refractivity contribution in [2.24, 2.45) is 5.92 Å². The molecule has 1 aromatic heterocycles. The van der Waals surface area contributed by atoms with Crippen LogP contribution in [0.5, 0.6) is 0 Å². The van der Waals surface area contributed by atoms with Crippen LogP contribution in [0.15, 0.2) is 17.0 Å². The predicted octanol–water partition coefficient (Wildman–Crippen LogP) is 2.81. The Morgan fingerprint density at radius 2 is 2.19 bits per heavy atom. The summed E-state index contributed by atoms with van der Waals surface area (Å²) in [5, 5.41) is 3.56. The molecule has 1 aromatic rings. The molecule has 0 saturated carbocycles. The lowest BCUT2D eigenvalue weighted by Crippen LogP contribution is -2.36. The molecule has 1 heterocycles. The third kappa shape index (κ3) is 4.18. The normalized spacial score (nSPS) is 13.1. The summed E-state index contributed by atoms with van der Waals surface area (Å²) in [4.78, 5) is 8.29. The van der Waals surface area contributed by atoms with E-state index in [0.29, 0.717) is 12.0 Å². The minimum atomic E-state index is 0.478. The minimum Gasteiger partial charge on any atom is -0.313 e. The molecule has 0 aliphatic carbocycles. The molecule has 16 heavy (non-hydrogen) atoms. The maximum atomic E-state index is 4.31. The van der Waals surface area contributed by atoms with Crippen LogP contribution in [0, 0.1) is 5.92 Å². The van der Waals surface area contributed by atoms with Gasteiger partial charge in [-0.1, -0.05) is 20.8 Å². The molecular formula is C12H20BrN3. The van der Waals surface area contributed by atoms with Crippen LogP contribution in [0.25, 0.3) is 0 Å². The molecule has 0 fully saturated rings. The molecule has 1 rings (SSSR count). The molecule has 4 heteroatoms. The number of hydrogen-bond acceptors (Lipinski definition) is 3. The monoisotopic (exact) mass is 285 g/mol. The smallest absolute Gasteiger partial charge is 0.115 e. The Balaban J connectivity index is 2.64. The Labute approximate surface area is 106 Å². The highest BCUT2D eigenvalue weighted by atomic mass is 79.9. The molecule has 1 N–H and O–H groups in total. The van der Waals surface area contributed by atoms with Gasteiger partial charge in [-0.3, -0.25) is 0 Å². The molecule has 1 atom stereocenters. The van der Waals surface area contributed by atoms with Crippen molar-refractivity contribution in [3.8, 4) is 0 Å². The number of halogens is 1. The SMILES string of the molecule is CCCNC(Cc1ncncc1Br)C(C)C. The van der Waals surface area contributed by atoms with Crippen molar-refractivity contribution in [3.63, 3.8) is 0 Å². The van der Waals surface area contributed by atoms with Crippen LogP contribution in [0.3, 0.4) is 0 Å². The zero-order chi connectivity index (χ0) is 12.0.